The van der Waals surface area contributed by atoms with Crippen molar-refractivity contribution in [2.24, 2.45) is 0 Å². The third-order valence-electron chi connectivity index (χ3n) is 4.50. The summed E-state index contributed by atoms with van der Waals surface area (Å²) in [6.45, 7) is 4.81. The molecule has 3 nitrogen and oxygen atoms in total. The topological polar surface area (TPSA) is 38.3 Å². The Kier molecular flexibility index (Phi) is 6.26. The number of rotatable bonds is 7. The van der Waals surface area contributed by atoms with E-state index in [-0.39, 0.29) is 11.9 Å². The van der Waals surface area contributed by atoms with Crippen molar-refractivity contribution in [3.63, 3.8) is 0 Å². The van der Waals surface area contributed by atoms with E-state index in [0.717, 1.165) is 28.9 Å². The summed E-state index contributed by atoms with van der Waals surface area (Å²) in [6.07, 6.45) is 0.956. The summed E-state index contributed by atoms with van der Waals surface area (Å²) in [5, 5.41) is 3.19. The van der Waals surface area contributed by atoms with Gasteiger partial charge in [-0.25, -0.2) is 0 Å². The van der Waals surface area contributed by atoms with Crippen molar-refractivity contribution in [1.29, 1.82) is 0 Å². The predicted octanol–water partition coefficient (Wildman–Crippen LogP) is 5.30. The number of aryl methyl sites for hydroxylation is 1. The van der Waals surface area contributed by atoms with E-state index < -0.39 is 0 Å². The van der Waals surface area contributed by atoms with Crippen molar-refractivity contribution >= 4 is 5.91 Å². The average molecular weight is 359 g/mol. The van der Waals surface area contributed by atoms with Gasteiger partial charge in [0.1, 0.15) is 5.75 Å². The van der Waals surface area contributed by atoms with Gasteiger partial charge in [0.15, 0.2) is 0 Å². The molecular formula is C24H25NO2. The molecule has 0 spiro atoms. The standard InChI is InChI=1S/C24H25NO2/c1-3-17-27-21-15-13-20(14-16-21)24(26)25-23(19-10-5-4-6-11-19)22-12-8-7-9-18(22)2/h4-16,23H,3,17H2,1-2H3,(H,25,26)/t23-/m0/s1. The Bertz CT molecular complexity index is 872. The molecule has 0 fully saturated rings. The van der Waals surface area contributed by atoms with E-state index in [2.05, 4.69) is 31.3 Å². The number of carbonyl (C=O) groups excluding carboxylic acids is 1. The zero-order valence-electron chi connectivity index (χ0n) is 15.8. The highest BCUT2D eigenvalue weighted by atomic mass is 16.5. The van der Waals surface area contributed by atoms with Crippen LogP contribution in [-0.4, -0.2) is 12.5 Å². The Morgan fingerprint density at radius 1 is 0.926 bits per heavy atom. The number of carbonyl (C=O) groups is 1. The molecule has 0 saturated heterocycles. The molecule has 1 atom stereocenters. The molecule has 3 rings (SSSR count). The first kappa shape index (κ1) is 18.7. The minimum absolute atomic E-state index is 0.103. The maximum Gasteiger partial charge on any atom is 0.252 e. The van der Waals surface area contributed by atoms with Crippen LogP contribution < -0.4 is 10.1 Å². The summed E-state index contributed by atoms with van der Waals surface area (Å²) in [7, 11) is 0. The SMILES string of the molecule is CCCOc1ccc(C(=O)N[C@@H](c2ccccc2)c2ccccc2C)cc1. The van der Waals surface area contributed by atoms with Gasteiger partial charge in [0.25, 0.3) is 5.91 Å². The van der Waals surface area contributed by atoms with Crippen molar-refractivity contribution in [3.05, 3.63) is 101 Å². The average Bonchev–Trinajstić information content (AvgIpc) is 2.72. The molecule has 1 amide bonds. The van der Waals surface area contributed by atoms with Gasteiger partial charge in [0.05, 0.1) is 12.6 Å². The zero-order chi connectivity index (χ0) is 19.1. The van der Waals surface area contributed by atoms with E-state index in [9.17, 15) is 4.79 Å². The lowest BCUT2D eigenvalue weighted by molar-refractivity contribution is 0.0943. The molecule has 3 aromatic rings. The van der Waals surface area contributed by atoms with Gasteiger partial charge in [0.2, 0.25) is 0 Å². The van der Waals surface area contributed by atoms with Crippen LogP contribution in [0.1, 0.15) is 46.4 Å². The van der Waals surface area contributed by atoms with Crippen molar-refractivity contribution in [2.75, 3.05) is 6.61 Å². The minimum Gasteiger partial charge on any atom is -0.494 e. The van der Waals surface area contributed by atoms with Crippen LogP contribution in [0.4, 0.5) is 0 Å². The molecule has 0 aromatic heterocycles. The lowest BCUT2D eigenvalue weighted by Gasteiger charge is -2.22. The fourth-order valence-electron chi connectivity index (χ4n) is 3.03. The lowest BCUT2D eigenvalue weighted by Crippen LogP contribution is -2.29. The summed E-state index contributed by atoms with van der Waals surface area (Å²) >= 11 is 0. The number of hydrogen-bond donors (Lipinski definition) is 1. The van der Waals surface area contributed by atoms with Gasteiger partial charge < -0.3 is 10.1 Å². The third-order valence-corrected chi connectivity index (χ3v) is 4.50. The van der Waals surface area contributed by atoms with Crippen LogP contribution >= 0.6 is 0 Å². The number of ether oxygens (including phenoxy) is 1. The Balaban J connectivity index is 1.84. The van der Waals surface area contributed by atoms with E-state index in [1.807, 2.05) is 54.6 Å². The maximum absolute atomic E-state index is 12.9. The summed E-state index contributed by atoms with van der Waals surface area (Å²) in [5.74, 6) is 0.682. The lowest BCUT2D eigenvalue weighted by atomic mass is 9.94. The molecule has 0 bridgehead atoms. The van der Waals surface area contributed by atoms with Crippen molar-refractivity contribution < 1.29 is 9.53 Å². The van der Waals surface area contributed by atoms with Gasteiger partial charge in [-0.2, -0.15) is 0 Å². The van der Waals surface area contributed by atoms with Crippen LogP contribution in [0.2, 0.25) is 0 Å². The van der Waals surface area contributed by atoms with Gasteiger partial charge in [0, 0.05) is 5.56 Å². The number of benzene rings is 3. The highest BCUT2D eigenvalue weighted by Gasteiger charge is 2.19. The van der Waals surface area contributed by atoms with Gasteiger partial charge in [-0.05, 0) is 54.3 Å². The first-order valence-corrected chi connectivity index (χ1v) is 9.33. The monoisotopic (exact) mass is 359 g/mol. The van der Waals surface area contributed by atoms with Gasteiger partial charge in [-0.15, -0.1) is 0 Å². The molecule has 138 valence electrons. The molecule has 0 aliphatic heterocycles. The van der Waals surface area contributed by atoms with E-state index in [1.54, 1.807) is 12.1 Å². The van der Waals surface area contributed by atoms with E-state index in [1.165, 1.54) is 0 Å². The molecule has 3 heteroatoms. The Morgan fingerprint density at radius 2 is 1.59 bits per heavy atom. The molecule has 0 saturated carbocycles. The first-order valence-electron chi connectivity index (χ1n) is 9.33. The minimum atomic E-state index is -0.198. The summed E-state index contributed by atoms with van der Waals surface area (Å²) in [4.78, 5) is 12.9. The van der Waals surface area contributed by atoms with E-state index in [0.29, 0.717) is 12.2 Å². The molecule has 0 aliphatic carbocycles. The van der Waals surface area contributed by atoms with Gasteiger partial charge >= 0.3 is 0 Å². The van der Waals surface area contributed by atoms with Crippen LogP contribution in [0.5, 0.6) is 5.75 Å². The first-order chi connectivity index (χ1) is 13.2. The van der Waals surface area contributed by atoms with Crippen molar-refractivity contribution in [1.82, 2.24) is 5.32 Å². The third kappa shape index (κ3) is 4.76. The normalized spacial score (nSPS) is 11.6. The number of amides is 1. The van der Waals surface area contributed by atoms with Gasteiger partial charge in [-0.1, -0.05) is 61.5 Å². The zero-order valence-corrected chi connectivity index (χ0v) is 15.8. The molecule has 0 aliphatic rings. The molecule has 27 heavy (non-hydrogen) atoms. The summed E-state index contributed by atoms with van der Waals surface area (Å²) in [5.41, 5.74) is 3.92. The van der Waals surface area contributed by atoms with Crippen LogP contribution in [0.15, 0.2) is 78.9 Å². The number of nitrogens with one attached hydrogen (secondary N) is 1. The van der Waals surface area contributed by atoms with Crippen LogP contribution in [0, 0.1) is 6.92 Å². The molecule has 1 N–H and O–H groups in total. The quantitative estimate of drug-likeness (QED) is 0.621. The fraction of sp³-hybridized carbons (Fsp3) is 0.208. The van der Waals surface area contributed by atoms with E-state index in [4.69, 9.17) is 4.74 Å². The fourth-order valence-corrected chi connectivity index (χ4v) is 3.03. The van der Waals surface area contributed by atoms with Crippen LogP contribution in [-0.2, 0) is 0 Å². The van der Waals surface area contributed by atoms with Crippen molar-refractivity contribution in [3.8, 4) is 5.75 Å². The second-order valence-electron chi connectivity index (χ2n) is 6.55. The Morgan fingerprint density at radius 3 is 2.26 bits per heavy atom. The molecule has 0 radical (unpaired) electrons. The highest BCUT2D eigenvalue weighted by molar-refractivity contribution is 5.94. The predicted molar refractivity (Wildman–Crippen MR) is 109 cm³/mol. The van der Waals surface area contributed by atoms with Crippen molar-refractivity contribution in [2.45, 2.75) is 26.3 Å². The molecular weight excluding hydrogens is 334 g/mol. The largest absolute Gasteiger partial charge is 0.494 e. The van der Waals surface area contributed by atoms with Crippen LogP contribution in [0.25, 0.3) is 0 Å². The Hall–Kier alpha value is -3.07. The second-order valence-corrected chi connectivity index (χ2v) is 6.55. The van der Waals surface area contributed by atoms with E-state index >= 15 is 0 Å². The Labute approximate surface area is 161 Å². The molecule has 0 unspecified atom stereocenters. The second kappa shape index (κ2) is 9.04. The molecule has 3 aromatic carbocycles. The summed E-state index contributed by atoms with van der Waals surface area (Å²) < 4.78 is 5.59. The van der Waals surface area contributed by atoms with Crippen LogP contribution in [0.3, 0.4) is 0 Å². The highest BCUT2D eigenvalue weighted by Crippen LogP contribution is 2.25. The maximum atomic E-state index is 12.9. The molecule has 0 heterocycles. The van der Waals surface area contributed by atoms with Gasteiger partial charge in [-0.3, -0.25) is 4.79 Å². The number of hydrogen-bond acceptors (Lipinski definition) is 2. The summed E-state index contributed by atoms with van der Waals surface area (Å²) in [6, 6.07) is 25.3. The smallest absolute Gasteiger partial charge is 0.252 e.